The van der Waals surface area contributed by atoms with E-state index in [0.717, 1.165) is 31.2 Å². The first-order valence-corrected chi connectivity index (χ1v) is 10.4. The minimum Gasteiger partial charge on any atom is -0.322 e. The summed E-state index contributed by atoms with van der Waals surface area (Å²) in [6.07, 6.45) is 3.95. The summed E-state index contributed by atoms with van der Waals surface area (Å²) in [5.74, 6) is -0.430. The van der Waals surface area contributed by atoms with Crippen LogP contribution in [0.1, 0.15) is 44.0 Å². The molecule has 3 aromatic rings. The molecule has 1 heterocycles. The molecule has 4 nitrogen and oxygen atoms in total. The molecule has 1 aliphatic rings. The lowest BCUT2D eigenvalue weighted by atomic mass is 9.95. The molecule has 1 aliphatic carbocycles. The fraction of sp³-hybridized carbons (Fsp3) is 0.182. The van der Waals surface area contributed by atoms with E-state index in [9.17, 15) is 9.59 Å². The Morgan fingerprint density at radius 2 is 1.68 bits per heavy atom. The fourth-order valence-electron chi connectivity index (χ4n) is 3.42. The standard InChI is InChI=1S/C22H19ClN2O2S/c23-15-9-6-10-16(13-15)24-21(27)19-17-11-4-5-12-18(17)28-22(19)25-20(26)14-7-2-1-3-8-14/h1-3,6-10,13H,4-5,11-12H2,(H,24,27)(H,25,26). The molecule has 0 aliphatic heterocycles. The maximum atomic E-state index is 13.1. The number of carbonyl (C=O) groups is 2. The van der Waals surface area contributed by atoms with Gasteiger partial charge < -0.3 is 10.6 Å². The van der Waals surface area contributed by atoms with Crippen LogP contribution in [0.5, 0.6) is 0 Å². The van der Waals surface area contributed by atoms with Crippen molar-refractivity contribution in [3.05, 3.63) is 81.2 Å². The van der Waals surface area contributed by atoms with Crippen molar-refractivity contribution >= 4 is 45.4 Å². The third-order valence-electron chi connectivity index (χ3n) is 4.74. The van der Waals surface area contributed by atoms with E-state index in [1.165, 1.54) is 16.2 Å². The Morgan fingerprint density at radius 3 is 2.46 bits per heavy atom. The van der Waals surface area contributed by atoms with Crippen LogP contribution in [0.2, 0.25) is 5.02 Å². The molecule has 4 rings (SSSR count). The van der Waals surface area contributed by atoms with Gasteiger partial charge in [0.05, 0.1) is 5.56 Å². The Morgan fingerprint density at radius 1 is 0.893 bits per heavy atom. The van der Waals surface area contributed by atoms with Crippen LogP contribution in [0.3, 0.4) is 0 Å². The first kappa shape index (κ1) is 18.7. The Kier molecular flexibility index (Phi) is 5.46. The Balaban J connectivity index is 1.66. The van der Waals surface area contributed by atoms with Crippen LogP contribution in [-0.2, 0) is 12.8 Å². The Labute approximate surface area is 172 Å². The lowest BCUT2D eigenvalue weighted by Gasteiger charge is -2.13. The van der Waals surface area contributed by atoms with Crippen LogP contribution in [0.4, 0.5) is 10.7 Å². The van der Waals surface area contributed by atoms with Crippen LogP contribution in [0.15, 0.2) is 54.6 Å². The van der Waals surface area contributed by atoms with Gasteiger partial charge in [-0.25, -0.2) is 0 Å². The molecule has 2 amide bonds. The zero-order chi connectivity index (χ0) is 19.5. The molecule has 6 heteroatoms. The highest BCUT2D eigenvalue weighted by atomic mass is 35.5. The number of aryl methyl sites for hydroxylation is 1. The van der Waals surface area contributed by atoms with Gasteiger partial charge in [0, 0.05) is 21.2 Å². The summed E-state index contributed by atoms with van der Waals surface area (Å²) in [4.78, 5) is 26.9. The minimum absolute atomic E-state index is 0.212. The van der Waals surface area contributed by atoms with Gasteiger partial charge in [-0.2, -0.15) is 0 Å². The molecule has 2 N–H and O–H groups in total. The van der Waals surface area contributed by atoms with E-state index in [1.54, 1.807) is 36.4 Å². The number of fused-ring (bicyclic) bond motifs is 1. The van der Waals surface area contributed by atoms with Gasteiger partial charge in [-0.05, 0) is 61.6 Å². The summed E-state index contributed by atoms with van der Waals surface area (Å²) in [6, 6.07) is 16.1. The zero-order valence-electron chi connectivity index (χ0n) is 15.1. The van der Waals surface area contributed by atoms with E-state index in [2.05, 4.69) is 10.6 Å². The van der Waals surface area contributed by atoms with Crippen LogP contribution < -0.4 is 10.6 Å². The van der Waals surface area contributed by atoms with Crippen molar-refractivity contribution in [2.75, 3.05) is 10.6 Å². The fourth-order valence-corrected chi connectivity index (χ4v) is 4.89. The van der Waals surface area contributed by atoms with Gasteiger partial charge in [0.15, 0.2) is 0 Å². The number of hydrogen-bond acceptors (Lipinski definition) is 3. The summed E-state index contributed by atoms with van der Waals surface area (Å²) in [7, 11) is 0. The van der Waals surface area contributed by atoms with Crippen LogP contribution in [0, 0.1) is 0 Å². The van der Waals surface area contributed by atoms with Crippen molar-refractivity contribution in [2.24, 2.45) is 0 Å². The van der Waals surface area contributed by atoms with Gasteiger partial charge in [0.1, 0.15) is 5.00 Å². The van der Waals surface area contributed by atoms with Gasteiger partial charge in [-0.3, -0.25) is 9.59 Å². The van der Waals surface area contributed by atoms with Crippen molar-refractivity contribution in [2.45, 2.75) is 25.7 Å². The lowest BCUT2D eigenvalue weighted by Crippen LogP contribution is -2.18. The number of nitrogens with one attached hydrogen (secondary N) is 2. The number of halogens is 1. The first-order valence-electron chi connectivity index (χ1n) is 9.19. The molecule has 28 heavy (non-hydrogen) atoms. The molecule has 142 valence electrons. The van der Waals surface area contributed by atoms with Gasteiger partial charge in [0.25, 0.3) is 11.8 Å². The van der Waals surface area contributed by atoms with Gasteiger partial charge in [0.2, 0.25) is 0 Å². The molecule has 0 spiro atoms. The molecular weight excluding hydrogens is 392 g/mol. The molecule has 0 saturated heterocycles. The average Bonchev–Trinajstić information content (AvgIpc) is 3.06. The van der Waals surface area contributed by atoms with Crippen molar-refractivity contribution in [3.63, 3.8) is 0 Å². The summed E-state index contributed by atoms with van der Waals surface area (Å²) >= 11 is 7.54. The highest BCUT2D eigenvalue weighted by molar-refractivity contribution is 7.17. The summed E-state index contributed by atoms with van der Waals surface area (Å²) in [5.41, 5.74) is 2.83. The molecule has 2 aromatic carbocycles. The van der Waals surface area contributed by atoms with Gasteiger partial charge in [-0.1, -0.05) is 35.9 Å². The molecule has 0 fully saturated rings. The maximum Gasteiger partial charge on any atom is 0.258 e. The van der Waals surface area contributed by atoms with Gasteiger partial charge in [-0.15, -0.1) is 11.3 Å². The Bertz CT molecular complexity index is 1030. The van der Waals surface area contributed by atoms with Crippen molar-refractivity contribution in [3.8, 4) is 0 Å². The Hall–Kier alpha value is -2.63. The molecule has 1 aromatic heterocycles. The smallest absolute Gasteiger partial charge is 0.258 e. The monoisotopic (exact) mass is 410 g/mol. The predicted molar refractivity (Wildman–Crippen MR) is 115 cm³/mol. The van der Waals surface area contributed by atoms with E-state index in [4.69, 9.17) is 11.6 Å². The summed E-state index contributed by atoms with van der Waals surface area (Å²) < 4.78 is 0. The quantitative estimate of drug-likeness (QED) is 0.572. The number of anilines is 2. The second-order valence-electron chi connectivity index (χ2n) is 6.70. The third-order valence-corrected chi connectivity index (χ3v) is 6.19. The van der Waals surface area contributed by atoms with E-state index in [1.807, 2.05) is 18.2 Å². The molecule has 0 unspecified atom stereocenters. The van der Waals surface area contributed by atoms with Crippen LogP contribution in [-0.4, -0.2) is 11.8 Å². The first-order chi connectivity index (χ1) is 13.6. The molecule has 0 saturated carbocycles. The zero-order valence-corrected chi connectivity index (χ0v) is 16.7. The number of thiophene rings is 1. The van der Waals surface area contributed by atoms with E-state index in [-0.39, 0.29) is 11.8 Å². The molecule has 0 bridgehead atoms. The number of hydrogen-bond donors (Lipinski definition) is 2. The SMILES string of the molecule is O=C(Nc1sc2c(c1C(=O)Nc1cccc(Cl)c1)CCCC2)c1ccccc1. The van der Waals surface area contributed by atoms with E-state index in [0.29, 0.717) is 26.8 Å². The van der Waals surface area contributed by atoms with Crippen molar-refractivity contribution < 1.29 is 9.59 Å². The minimum atomic E-state index is -0.218. The van der Waals surface area contributed by atoms with Gasteiger partial charge >= 0.3 is 0 Å². The second kappa shape index (κ2) is 8.17. The predicted octanol–water partition coefficient (Wildman–Crippen LogP) is 5.78. The van der Waals surface area contributed by atoms with Crippen LogP contribution in [0.25, 0.3) is 0 Å². The number of carbonyl (C=O) groups excluding carboxylic acids is 2. The lowest BCUT2D eigenvalue weighted by molar-refractivity contribution is 0.102. The highest BCUT2D eigenvalue weighted by Gasteiger charge is 2.26. The van der Waals surface area contributed by atoms with Crippen LogP contribution >= 0.6 is 22.9 Å². The molecule has 0 atom stereocenters. The normalized spacial score (nSPS) is 12.9. The van der Waals surface area contributed by atoms with Crippen molar-refractivity contribution in [1.82, 2.24) is 0 Å². The molecule has 0 radical (unpaired) electrons. The van der Waals surface area contributed by atoms with E-state index >= 15 is 0 Å². The maximum absolute atomic E-state index is 13.1. The second-order valence-corrected chi connectivity index (χ2v) is 8.24. The van der Waals surface area contributed by atoms with Crippen molar-refractivity contribution in [1.29, 1.82) is 0 Å². The number of benzene rings is 2. The highest BCUT2D eigenvalue weighted by Crippen LogP contribution is 2.38. The summed E-state index contributed by atoms with van der Waals surface area (Å²) in [6.45, 7) is 0. The third kappa shape index (κ3) is 3.96. The average molecular weight is 411 g/mol. The van der Waals surface area contributed by atoms with E-state index < -0.39 is 0 Å². The molecular formula is C22H19ClN2O2S. The number of amides is 2. The topological polar surface area (TPSA) is 58.2 Å². The largest absolute Gasteiger partial charge is 0.322 e. The summed E-state index contributed by atoms with van der Waals surface area (Å²) in [5, 5.41) is 7.04. The number of rotatable bonds is 4.